The molecule has 0 aliphatic carbocycles. The van der Waals surface area contributed by atoms with Gasteiger partial charge in [-0.25, -0.2) is 4.98 Å². The molecule has 0 fully saturated rings. The van der Waals surface area contributed by atoms with Crippen molar-refractivity contribution in [3.63, 3.8) is 0 Å². The Morgan fingerprint density at radius 3 is 2.94 bits per heavy atom. The van der Waals surface area contributed by atoms with E-state index < -0.39 is 0 Å². The van der Waals surface area contributed by atoms with E-state index in [0.717, 1.165) is 8.45 Å². The topological polar surface area (TPSA) is 42.0 Å². The average Bonchev–Trinajstić information content (AvgIpc) is 2.74. The zero-order valence-corrected chi connectivity index (χ0v) is 11.3. The van der Waals surface area contributed by atoms with Crippen LogP contribution >= 0.6 is 33.9 Å². The van der Waals surface area contributed by atoms with Gasteiger partial charge in [0, 0.05) is 14.6 Å². The van der Waals surface area contributed by atoms with Crippen LogP contribution < -0.4 is 5.32 Å². The van der Waals surface area contributed by atoms with Crippen molar-refractivity contribution in [3.8, 4) is 0 Å². The third-order valence-electron chi connectivity index (χ3n) is 1.91. The molecule has 0 unspecified atom stereocenters. The van der Waals surface area contributed by atoms with Crippen molar-refractivity contribution in [2.24, 2.45) is 0 Å². The second kappa shape index (κ2) is 5.40. The number of halogens is 1. The Bertz CT molecular complexity index is 467. The van der Waals surface area contributed by atoms with Crippen LogP contribution in [0.2, 0.25) is 0 Å². The summed E-state index contributed by atoms with van der Waals surface area (Å²) < 4.78 is 1.05. The maximum absolute atomic E-state index is 11.6. The number of nitrogens with one attached hydrogen (secondary N) is 1. The van der Waals surface area contributed by atoms with Gasteiger partial charge < -0.3 is 5.32 Å². The number of carbonyl (C=O) groups is 1. The van der Waals surface area contributed by atoms with Gasteiger partial charge in [0.15, 0.2) is 0 Å². The lowest BCUT2D eigenvalue weighted by molar-refractivity contribution is -0.115. The summed E-state index contributed by atoms with van der Waals surface area (Å²) in [7, 11) is 0. The van der Waals surface area contributed by atoms with Gasteiger partial charge in [-0.2, -0.15) is 0 Å². The Morgan fingerprint density at radius 2 is 2.31 bits per heavy atom. The van der Waals surface area contributed by atoms with E-state index >= 15 is 0 Å². The Balaban J connectivity index is 1.95. The number of anilines is 1. The average molecular weight is 344 g/mol. The van der Waals surface area contributed by atoms with E-state index in [1.807, 2.05) is 23.6 Å². The lowest BCUT2D eigenvalue weighted by Gasteiger charge is -2.02. The van der Waals surface area contributed by atoms with E-state index in [0.29, 0.717) is 12.2 Å². The van der Waals surface area contributed by atoms with Crippen LogP contribution in [0.25, 0.3) is 0 Å². The molecule has 1 N–H and O–H groups in total. The SMILES string of the molecule is O=C(Cc1cccs1)Nc1ccc(I)cn1. The first kappa shape index (κ1) is 11.5. The summed E-state index contributed by atoms with van der Waals surface area (Å²) in [5.41, 5.74) is 0. The van der Waals surface area contributed by atoms with E-state index in [9.17, 15) is 4.79 Å². The summed E-state index contributed by atoms with van der Waals surface area (Å²) in [5.74, 6) is 0.568. The predicted octanol–water partition coefficient (Wildman–Crippen LogP) is 2.93. The van der Waals surface area contributed by atoms with Gasteiger partial charge in [0.1, 0.15) is 5.82 Å². The molecule has 0 radical (unpaired) electrons. The van der Waals surface area contributed by atoms with Crippen molar-refractivity contribution in [1.82, 2.24) is 4.98 Å². The van der Waals surface area contributed by atoms with Gasteiger partial charge >= 0.3 is 0 Å². The van der Waals surface area contributed by atoms with Crippen LogP contribution in [0.3, 0.4) is 0 Å². The van der Waals surface area contributed by atoms with Crippen molar-refractivity contribution >= 4 is 45.7 Å². The van der Waals surface area contributed by atoms with E-state index in [2.05, 4.69) is 32.9 Å². The highest BCUT2D eigenvalue weighted by Crippen LogP contribution is 2.11. The first-order valence-electron chi connectivity index (χ1n) is 4.68. The molecule has 0 spiro atoms. The molecule has 2 aromatic heterocycles. The number of nitrogens with zero attached hydrogens (tertiary/aromatic N) is 1. The minimum atomic E-state index is -0.0313. The molecule has 2 aromatic rings. The molecule has 0 saturated carbocycles. The second-order valence-corrected chi connectivity index (χ2v) is 5.44. The smallest absolute Gasteiger partial charge is 0.230 e. The normalized spacial score (nSPS) is 10.1. The minimum absolute atomic E-state index is 0.0313. The summed E-state index contributed by atoms with van der Waals surface area (Å²) in [6, 6.07) is 7.60. The Morgan fingerprint density at radius 1 is 1.44 bits per heavy atom. The maximum Gasteiger partial charge on any atom is 0.230 e. The third kappa shape index (κ3) is 3.28. The van der Waals surface area contributed by atoms with Crippen LogP contribution in [-0.4, -0.2) is 10.9 Å². The van der Waals surface area contributed by atoms with Gasteiger partial charge in [0.2, 0.25) is 5.91 Å². The van der Waals surface area contributed by atoms with Crippen molar-refractivity contribution in [2.75, 3.05) is 5.32 Å². The molecule has 3 nitrogen and oxygen atoms in total. The molecule has 82 valence electrons. The van der Waals surface area contributed by atoms with E-state index in [1.54, 1.807) is 23.6 Å². The highest BCUT2D eigenvalue weighted by atomic mass is 127. The molecule has 0 aliphatic rings. The van der Waals surface area contributed by atoms with Crippen LogP contribution in [0.15, 0.2) is 35.8 Å². The quantitative estimate of drug-likeness (QED) is 0.870. The zero-order valence-electron chi connectivity index (χ0n) is 8.31. The van der Waals surface area contributed by atoms with Crippen LogP contribution in [0.5, 0.6) is 0 Å². The van der Waals surface area contributed by atoms with Crippen LogP contribution in [0.4, 0.5) is 5.82 Å². The number of hydrogen-bond acceptors (Lipinski definition) is 3. The predicted molar refractivity (Wildman–Crippen MR) is 73.6 cm³/mol. The molecule has 0 aliphatic heterocycles. The monoisotopic (exact) mass is 344 g/mol. The summed E-state index contributed by atoms with van der Waals surface area (Å²) in [4.78, 5) is 16.8. The van der Waals surface area contributed by atoms with Crippen molar-refractivity contribution < 1.29 is 4.79 Å². The maximum atomic E-state index is 11.6. The molecular formula is C11H9IN2OS. The minimum Gasteiger partial charge on any atom is -0.310 e. The first-order valence-corrected chi connectivity index (χ1v) is 6.63. The number of hydrogen-bond donors (Lipinski definition) is 1. The van der Waals surface area contributed by atoms with E-state index in [4.69, 9.17) is 0 Å². The number of pyridine rings is 1. The summed E-state index contributed by atoms with van der Waals surface area (Å²) >= 11 is 3.76. The van der Waals surface area contributed by atoms with Gasteiger partial charge in [-0.3, -0.25) is 4.79 Å². The molecule has 0 saturated heterocycles. The molecule has 2 rings (SSSR count). The molecule has 5 heteroatoms. The lowest BCUT2D eigenvalue weighted by Crippen LogP contribution is -2.14. The molecule has 0 bridgehead atoms. The fraction of sp³-hybridized carbons (Fsp3) is 0.0909. The zero-order chi connectivity index (χ0) is 11.4. The summed E-state index contributed by atoms with van der Waals surface area (Å²) in [5, 5.41) is 4.72. The van der Waals surface area contributed by atoms with Crippen LogP contribution in [0.1, 0.15) is 4.88 Å². The number of amides is 1. The Hall–Kier alpha value is -0.950. The van der Waals surface area contributed by atoms with E-state index in [-0.39, 0.29) is 5.91 Å². The van der Waals surface area contributed by atoms with Gasteiger partial charge in [-0.05, 0) is 46.2 Å². The highest BCUT2D eigenvalue weighted by Gasteiger charge is 2.05. The molecular weight excluding hydrogens is 335 g/mol. The van der Waals surface area contributed by atoms with Crippen molar-refractivity contribution in [1.29, 1.82) is 0 Å². The number of carbonyl (C=O) groups excluding carboxylic acids is 1. The standard InChI is InChI=1S/C11H9IN2OS/c12-8-3-4-10(13-7-8)14-11(15)6-9-2-1-5-16-9/h1-5,7H,6H2,(H,13,14,15). The van der Waals surface area contributed by atoms with Crippen LogP contribution in [-0.2, 0) is 11.2 Å². The van der Waals surface area contributed by atoms with Crippen molar-refractivity contribution in [3.05, 3.63) is 44.3 Å². The Labute approximate surface area is 111 Å². The Kier molecular flexibility index (Phi) is 3.89. The number of rotatable bonds is 3. The molecule has 0 aromatic carbocycles. The highest BCUT2D eigenvalue weighted by molar-refractivity contribution is 14.1. The van der Waals surface area contributed by atoms with E-state index in [1.165, 1.54) is 0 Å². The third-order valence-corrected chi connectivity index (χ3v) is 3.42. The molecule has 0 atom stereocenters. The van der Waals surface area contributed by atoms with Crippen LogP contribution in [0, 0.1) is 3.57 Å². The fourth-order valence-corrected chi connectivity index (χ4v) is 2.23. The van der Waals surface area contributed by atoms with Gasteiger partial charge in [0.25, 0.3) is 0 Å². The molecule has 1 amide bonds. The lowest BCUT2D eigenvalue weighted by atomic mass is 10.3. The number of aromatic nitrogens is 1. The van der Waals surface area contributed by atoms with Gasteiger partial charge in [0.05, 0.1) is 6.42 Å². The number of thiophene rings is 1. The second-order valence-electron chi connectivity index (χ2n) is 3.17. The largest absolute Gasteiger partial charge is 0.310 e. The molecule has 2 heterocycles. The van der Waals surface area contributed by atoms with Crippen molar-refractivity contribution in [2.45, 2.75) is 6.42 Å². The molecule has 16 heavy (non-hydrogen) atoms. The first-order chi connectivity index (χ1) is 7.74. The van der Waals surface area contributed by atoms with Gasteiger partial charge in [-0.15, -0.1) is 11.3 Å². The van der Waals surface area contributed by atoms with Gasteiger partial charge in [-0.1, -0.05) is 6.07 Å². The summed E-state index contributed by atoms with van der Waals surface area (Å²) in [6.45, 7) is 0. The summed E-state index contributed by atoms with van der Waals surface area (Å²) in [6.07, 6.45) is 2.13. The fourth-order valence-electron chi connectivity index (χ4n) is 1.21.